The molecule has 0 saturated carbocycles. The average molecular weight is 300 g/mol. The first-order valence-electron chi connectivity index (χ1n) is 6.06. The Balaban J connectivity index is 2.26. The van der Waals surface area contributed by atoms with E-state index in [1.165, 1.54) is 12.8 Å². The zero-order chi connectivity index (χ0) is 12.4. The van der Waals surface area contributed by atoms with Gasteiger partial charge in [0.15, 0.2) is 0 Å². The van der Waals surface area contributed by atoms with Crippen LogP contribution in [0.15, 0.2) is 9.27 Å². The fraction of sp³-hybridized carbons (Fsp3) is 0.667. The van der Waals surface area contributed by atoms with Gasteiger partial charge in [-0.15, -0.1) is 0 Å². The van der Waals surface area contributed by atoms with E-state index < -0.39 is 0 Å². The molecule has 4 nitrogen and oxygen atoms in total. The van der Waals surface area contributed by atoms with E-state index in [1.807, 2.05) is 13.8 Å². The van der Waals surface area contributed by atoms with Gasteiger partial charge in [-0.05, 0) is 49.2 Å². The second kappa shape index (κ2) is 5.31. The molecule has 1 fully saturated rings. The lowest BCUT2D eigenvalue weighted by Gasteiger charge is -2.25. The number of aromatic nitrogens is 2. The van der Waals surface area contributed by atoms with Crippen molar-refractivity contribution in [2.45, 2.75) is 45.7 Å². The van der Waals surface area contributed by atoms with Crippen molar-refractivity contribution in [1.29, 1.82) is 0 Å². The molecule has 0 aromatic carbocycles. The molecule has 0 radical (unpaired) electrons. The Bertz CT molecular complexity index is 464. The lowest BCUT2D eigenvalue weighted by Crippen LogP contribution is -2.41. The minimum absolute atomic E-state index is 0.143. The second-order valence-corrected chi connectivity index (χ2v) is 5.43. The van der Waals surface area contributed by atoms with Crippen molar-refractivity contribution >= 4 is 15.9 Å². The van der Waals surface area contributed by atoms with E-state index in [9.17, 15) is 4.79 Å². The van der Waals surface area contributed by atoms with E-state index in [2.05, 4.69) is 26.2 Å². The van der Waals surface area contributed by atoms with Crippen LogP contribution in [-0.4, -0.2) is 22.1 Å². The molecule has 1 aliphatic rings. The molecule has 1 aliphatic heterocycles. The lowest BCUT2D eigenvalue weighted by atomic mass is 10.1. The molecule has 94 valence electrons. The molecule has 0 spiro atoms. The molecule has 5 heteroatoms. The van der Waals surface area contributed by atoms with Crippen molar-refractivity contribution in [2.75, 3.05) is 6.54 Å². The van der Waals surface area contributed by atoms with E-state index in [-0.39, 0.29) is 5.69 Å². The Hall–Kier alpha value is -0.680. The first kappa shape index (κ1) is 12.8. The summed E-state index contributed by atoms with van der Waals surface area (Å²) in [6, 6.07) is 0.400. The zero-order valence-electron chi connectivity index (χ0n) is 10.3. The summed E-state index contributed by atoms with van der Waals surface area (Å²) in [6.45, 7) is 5.58. The zero-order valence-corrected chi connectivity index (χ0v) is 11.9. The van der Waals surface area contributed by atoms with Crippen LogP contribution in [0.5, 0.6) is 0 Å². The average Bonchev–Trinajstić information content (AvgIpc) is 2.33. The van der Waals surface area contributed by atoms with Crippen molar-refractivity contribution in [1.82, 2.24) is 14.9 Å². The molecule has 0 bridgehead atoms. The highest BCUT2D eigenvalue weighted by molar-refractivity contribution is 9.10. The maximum absolute atomic E-state index is 11.9. The molecule has 2 heterocycles. The van der Waals surface area contributed by atoms with Gasteiger partial charge in [-0.25, -0.2) is 4.79 Å². The highest BCUT2D eigenvalue weighted by Crippen LogP contribution is 2.17. The highest BCUT2D eigenvalue weighted by Gasteiger charge is 2.16. The van der Waals surface area contributed by atoms with Gasteiger partial charge in [0, 0.05) is 18.3 Å². The topological polar surface area (TPSA) is 46.9 Å². The molecular weight excluding hydrogens is 282 g/mol. The van der Waals surface area contributed by atoms with E-state index in [4.69, 9.17) is 0 Å². The fourth-order valence-corrected chi connectivity index (χ4v) is 2.59. The molecule has 0 amide bonds. The van der Waals surface area contributed by atoms with Gasteiger partial charge in [-0.2, -0.15) is 4.98 Å². The van der Waals surface area contributed by atoms with E-state index in [1.54, 1.807) is 4.57 Å². The summed E-state index contributed by atoms with van der Waals surface area (Å²) in [6.07, 6.45) is 3.61. The SMILES string of the molecule is Cc1nc(=O)n(CC2CCCCN2)c(C)c1Br. The van der Waals surface area contributed by atoms with Gasteiger partial charge in [0.2, 0.25) is 0 Å². The van der Waals surface area contributed by atoms with Crippen LogP contribution >= 0.6 is 15.9 Å². The summed E-state index contributed by atoms with van der Waals surface area (Å²) in [5.41, 5.74) is 1.59. The van der Waals surface area contributed by atoms with Crippen molar-refractivity contribution in [3.05, 3.63) is 26.3 Å². The lowest BCUT2D eigenvalue weighted by molar-refractivity contribution is 0.355. The van der Waals surface area contributed by atoms with Crippen molar-refractivity contribution < 1.29 is 0 Å². The number of piperidine rings is 1. The molecule has 1 aromatic rings. The van der Waals surface area contributed by atoms with Crippen molar-refractivity contribution in [3.63, 3.8) is 0 Å². The van der Waals surface area contributed by atoms with E-state index in [0.717, 1.165) is 35.4 Å². The minimum Gasteiger partial charge on any atom is -0.312 e. The van der Waals surface area contributed by atoms with Gasteiger partial charge in [-0.1, -0.05) is 6.42 Å². The van der Waals surface area contributed by atoms with Gasteiger partial charge in [0.1, 0.15) is 0 Å². The fourth-order valence-electron chi connectivity index (χ4n) is 2.29. The summed E-state index contributed by atoms with van der Waals surface area (Å²) >= 11 is 3.49. The smallest absolute Gasteiger partial charge is 0.312 e. The van der Waals surface area contributed by atoms with Crippen LogP contribution < -0.4 is 11.0 Å². The van der Waals surface area contributed by atoms with Crippen LogP contribution in [0, 0.1) is 13.8 Å². The Labute approximate surface area is 110 Å². The Kier molecular flexibility index (Phi) is 3.99. The number of hydrogen-bond donors (Lipinski definition) is 1. The van der Waals surface area contributed by atoms with Crippen LogP contribution in [0.1, 0.15) is 30.7 Å². The van der Waals surface area contributed by atoms with Crippen LogP contribution in [0.3, 0.4) is 0 Å². The number of hydrogen-bond acceptors (Lipinski definition) is 3. The Morgan fingerprint density at radius 2 is 2.24 bits per heavy atom. The Morgan fingerprint density at radius 1 is 1.47 bits per heavy atom. The van der Waals surface area contributed by atoms with Gasteiger partial charge in [0.25, 0.3) is 0 Å². The highest BCUT2D eigenvalue weighted by atomic mass is 79.9. The monoisotopic (exact) mass is 299 g/mol. The predicted octanol–water partition coefficient (Wildman–Crippen LogP) is 1.76. The van der Waals surface area contributed by atoms with Crippen molar-refractivity contribution in [3.8, 4) is 0 Å². The van der Waals surface area contributed by atoms with Gasteiger partial charge < -0.3 is 5.32 Å². The minimum atomic E-state index is -0.143. The molecule has 2 rings (SSSR count). The molecule has 1 atom stereocenters. The number of nitrogens with one attached hydrogen (secondary N) is 1. The first-order chi connectivity index (χ1) is 8.09. The third-order valence-electron chi connectivity index (χ3n) is 3.35. The molecule has 1 aromatic heterocycles. The summed E-state index contributed by atoms with van der Waals surface area (Å²) in [7, 11) is 0. The molecular formula is C12H18BrN3O. The standard InChI is InChI=1S/C12H18BrN3O/c1-8-11(13)9(2)16(12(17)15-8)7-10-5-3-4-6-14-10/h10,14H,3-7H2,1-2H3. The van der Waals surface area contributed by atoms with Crippen LogP contribution in [-0.2, 0) is 6.54 Å². The molecule has 0 aliphatic carbocycles. The molecule has 1 unspecified atom stereocenters. The van der Waals surface area contributed by atoms with Gasteiger partial charge >= 0.3 is 5.69 Å². The Morgan fingerprint density at radius 3 is 2.88 bits per heavy atom. The predicted molar refractivity (Wildman–Crippen MR) is 71.3 cm³/mol. The van der Waals surface area contributed by atoms with Crippen LogP contribution in [0.2, 0.25) is 0 Å². The molecule has 1 N–H and O–H groups in total. The number of aryl methyl sites for hydroxylation is 1. The summed E-state index contributed by atoms with van der Waals surface area (Å²) in [4.78, 5) is 15.9. The molecule has 17 heavy (non-hydrogen) atoms. The number of nitrogens with zero attached hydrogens (tertiary/aromatic N) is 2. The summed E-state index contributed by atoms with van der Waals surface area (Å²) in [5, 5.41) is 3.45. The summed E-state index contributed by atoms with van der Waals surface area (Å²) in [5.74, 6) is 0. The molecule has 1 saturated heterocycles. The maximum atomic E-state index is 11.9. The third kappa shape index (κ3) is 2.77. The largest absolute Gasteiger partial charge is 0.348 e. The number of rotatable bonds is 2. The van der Waals surface area contributed by atoms with E-state index in [0.29, 0.717) is 6.04 Å². The first-order valence-corrected chi connectivity index (χ1v) is 6.86. The number of halogens is 1. The van der Waals surface area contributed by atoms with Gasteiger partial charge in [0.05, 0.1) is 10.2 Å². The summed E-state index contributed by atoms with van der Waals surface area (Å²) < 4.78 is 2.70. The van der Waals surface area contributed by atoms with E-state index >= 15 is 0 Å². The van der Waals surface area contributed by atoms with Crippen LogP contribution in [0.4, 0.5) is 0 Å². The quantitative estimate of drug-likeness (QED) is 0.905. The second-order valence-electron chi connectivity index (χ2n) is 4.64. The maximum Gasteiger partial charge on any atom is 0.348 e. The normalized spacial score (nSPS) is 20.5. The van der Waals surface area contributed by atoms with Crippen LogP contribution in [0.25, 0.3) is 0 Å². The third-order valence-corrected chi connectivity index (χ3v) is 4.50. The van der Waals surface area contributed by atoms with Crippen molar-refractivity contribution in [2.24, 2.45) is 0 Å². The van der Waals surface area contributed by atoms with Gasteiger partial charge in [-0.3, -0.25) is 4.57 Å².